The van der Waals surface area contributed by atoms with Gasteiger partial charge in [-0.25, -0.2) is 9.97 Å². The summed E-state index contributed by atoms with van der Waals surface area (Å²) in [6, 6.07) is 8.78. The van der Waals surface area contributed by atoms with Crippen LogP contribution in [-0.4, -0.2) is 34.2 Å². The fraction of sp³-hybridized carbons (Fsp3) is 0.478. The van der Waals surface area contributed by atoms with Crippen molar-refractivity contribution >= 4 is 22.5 Å². The molecule has 1 aromatic carbocycles. The zero-order valence-corrected chi connectivity index (χ0v) is 17.1. The number of aromatic amines is 1. The quantitative estimate of drug-likeness (QED) is 0.668. The molecule has 0 atom stereocenters. The summed E-state index contributed by atoms with van der Waals surface area (Å²) in [7, 11) is 0. The maximum absolute atomic E-state index is 5.99. The number of fused-ring (bicyclic) bond motifs is 2. The molecule has 2 aromatic heterocycles. The Bertz CT molecular complexity index is 1010. The normalized spacial score (nSPS) is 21.7. The molecular weight excluding hydrogens is 364 g/mol. The van der Waals surface area contributed by atoms with Crippen molar-refractivity contribution < 1.29 is 9.47 Å². The van der Waals surface area contributed by atoms with Crippen LogP contribution in [0.4, 0.5) is 11.5 Å². The Hall–Kier alpha value is -2.76. The molecule has 0 saturated heterocycles. The van der Waals surface area contributed by atoms with Crippen molar-refractivity contribution in [2.75, 3.05) is 18.1 Å². The summed E-state index contributed by atoms with van der Waals surface area (Å²) < 4.78 is 11.8. The third-order valence-corrected chi connectivity index (χ3v) is 6.10. The SMILES string of the molecule is Cc1nc(N(c2ccc3c(c2)OCCCO3)C2CCC(C)CC2)c2cc[nH]c2n1. The van der Waals surface area contributed by atoms with Gasteiger partial charge in [-0.2, -0.15) is 0 Å². The van der Waals surface area contributed by atoms with Crippen molar-refractivity contribution in [1.82, 2.24) is 15.0 Å². The van der Waals surface area contributed by atoms with E-state index in [2.05, 4.69) is 40.0 Å². The molecule has 1 N–H and O–H groups in total. The van der Waals surface area contributed by atoms with E-state index in [0.29, 0.717) is 19.3 Å². The first-order valence-corrected chi connectivity index (χ1v) is 10.7. The van der Waals surface area contributed by atoms with Crippen LogP contribution in [0.3, 0.4) is 0 Å². The highest BCUT2D eigenvalue weighted by Crippen LogP contribution is 2.41. The van der Waals surface area contributed by atoms with Gasteiger partial charge >= 0.3 is 0 Å². The maximum atomic E-state index is 5.99. The molecule has 1 fully saturated rings. The van der Waals surface area contributed by atoms with E-state index in [9.17, 15) is 0 Å². The molecule has 6 heteroatoms. The number of nitrogens with zero attached hydrogens (tertiary/aromatic N) is 3. The summed E-state index contributed by atoms with van der Waals surface area (Å²) in [4.78, 5) is 15.1. The summed E-state index contributed by atoms with van der Waals surface area (Å²) in [6.45, 7) is 5.70. The van der Waals surface area contributed by atoms with Crippen LogP contribution in [0.25, 0.3) is 11.0 Å². The molecule has 3 heterocycles. The second-order valence-corrected chi connectivity index (χ2v) is 8.30. The van der Waals surface area contributed by atoms with E-state index in [1.54, 1.807) is 0 Å². The molecule has 1 aliphatic heterocycles. The Morgan fingerprint density at radius 1 is 1.00 bits per heavy atom. The monoisotopic (exact) mass is 392 g/mol. The van der Waals surface area contributed by atoms with Gasteiger partial charge in [-0.05, 0) is 56.7 Å². The fourth-order valence-electron chi connectivity index (χ4n) is 4.53. The van der Waals surface area contributed by atoms with Gasteiger partial charge in [0.05, 0.1) is 18.6 Å². The van der Waals surface area contributed by atoms with Gasteiger partial charge < -0.3 is 19.4 Å². The van der Waals surface area contributed by atoms with Gasteiger partial charge in [0.25, 0.3) is 0 Å². The van der Waals surface area contributed by atoms with E-state index < -0.39 is 0 Å². The first-order chi connectivity index (χ1) is 14.2. The van der Waals surface area contributed by atoms with E-state index >= 15 is 0 Å². The largest absolute Gasteiger partial charge is 0.490 e. The Labute approximate surface area is 171 Å². The van der Waals surface area contributed by atoms with Gasteiger partial charge in [-0.1, -0.05) is 6.92 Å². The lowest BCUT2D eigenvalue weighted by Gasteiger charge is -2.37. The summed E-state index contributed by atoms with van der Waals surface area (Å²) in [6.07, 6.45) is 7.65. The third kappa shape index (κ3) is 3.52. The molecule has 0 spiro atoms. The number of nitrogens with one attached hydrogen (secondary N) is 1. The van der Waals surface area contributed by atoms with Crippen LogP contribution in [0.2, 0.25) is 0 Å². The number of aromatic nitrogens is 3. The average molecular weight is 393 g/mol. The van der Waals surface area contributed by atoms with E-state index in [1.807, 2.05) is 19.2 Å². The Morgan fingerprint density at radius 2 is 1.79 bits per heavy atom. The van der Waals surface area contributed by atoms with Crippen molar-refractivity contribution in [3.8, 4) is 11.5 Å². The lowest BCUT2D eigenvalue weighted by Crippen LogP contribution is -2.35. The van der Waals surface area contributed by atoms with Crippen molar-refractivity contribution in [3.63, 3.8) is 0 Å². The number of benzene rings is 1. The van der Waals surface area contributed by atoms with Crippen molar-refractivity contribution in [2.45, 2.75) is 52.0 Å². The topological polar surface area (TPSA) is 63.3 Å². The summed E-state index contributed by atoms with van der Waals surface area (Å²) >= 11 is 0. The van der Waals surface area contributed by atoms with Gasteiger partial charge in [0, 0.05) is 30.4 Å². The van der Waals surface area contributed by atoms with E-state index in [-0.39, 0.29) is 0 Å². The van der Waals surface area contributed by atoms with Gasteiger partial charge in [0.1, 0.15) is 17.3 Å². The highest BCUT2D eigenvalue weighted by Gasteiger charge is 2.29. The molecule has 5 rings (SSSR count). The minimum absolute atomic E-state index is 0.406. The molecule has 0 unspecified atom stereocenters. The molecule has 3 aromatic rings. The molecular formula is C23H28N4O2. The number of hydrogen-bond donors (Lipinski definition) is 1. The smallest absolute Gasteiger partial charge is 0.163 e. The number of aryl methyl sites for hydroxylation is 1. The molecule has 0 amide bonds. The van der Waals surface area contributed by atoms with Crippen LogP contribution in [0.5, 0.6) is 11.5 Å². The molecule has 1 saturated carbocycles. The number of ether oxygens (including phenoxy) is 2. The van der Waals surface area contributed by atoms with E-state index in [1.165, 1.54) is 12.8 Å². The standard InChI is InChI=1S/C23H28N4O2/c1-15-4-6-17(7-5-15)27(23-19-10-11-24-22(19)25-16(2)26-23)18-8-9-20-21(14-18)29-13-3-12-28-20/h8-11,14-15,17H,3-7,12-13H2,1-2H3,(H,24,25,26). The maximum Gasteiger partial charge on any atom is 0.163 e. The molecule has 6 nitrogen and oxygen atoms in total. The second-order valence-electron chi connectivity index (χ2n) is 8.30. The molecule has 29 heavy (non-hydrogen) atoms. The van der Waals surface area contributed by atoms with Crippen molar-refractivity contribution in [3.05, 3.63) is 36.3 Å². The van der Waals surface area contributed by atoms with Crippen molar-refractivity contribution in [2.24, 2.45) is 5.92 Å². The fourth-order valence-corrected chi connectivity index (χ4v) is 4.53. The van der Waals surface area contributed by atoms with E-state index in [4.69, 9.17) is 14.5 Å². The predicted molar refractivity (Wildman–Crippen MR) is 114 cm³/mol. The molecule has 2 aliphatic rings. The molecule has 0 bridgehead atoms. The lowest BCUT2D eigenvalue weighted by atomic mass is 9.86. The van der Waals surface area contributed by atoms with Gasteiger partial charge in [-0.3, -0.25) is 0 Å². The minimum Gasteiger partial charge on any atom is -0.490 e. The zero-order chi connectivity index (χ0) is 19.8. The Balaban J connectivity index is 1.63. The molecule has 1 aliphatic carbocycles. The first kappa shape index (κ1) is 18.3. The minimum atomic E-state index is 0.406. The Kier molecular flexibility index (Phi) is 4.78. The van der Waals surface area contributed by atoms with Gasteiger partial charge in [-0.15, -0.1) is 0 Å². The summed E-state index contributed by atoms with van der Waals surface area (Å²) in [5.74, 6) is 4.19. The lowest BCUT2D eigenvalue weighted by molar-refractivity contribution is 0.297. The highest BCUT2D eigenvalue weighted by atomic mass is 16.5. The van der Waals surface area contributed by atoms with Crippen LogP contribution >= 0.6 is 0 Å². The second kappa shape index (κ2) is 7.58. The molecule has 152 valence electrons. The Morgan fingerprint density at radius 3 is 2.62 bits per heavy atom. The third-order valence-electron chi connectivity index (χ3n) is 6.10. The number of rotatable bonds is 3. The van der Waals surface area contributed by atoms with Gasteiger partial charge in [0.2, 0.25) is 0 Å². The van der Waals surface area contributed by atoms with Crippen LogP contribution in [-0.2, 0) is 0 Å². The zero-order valence-electron chi connectivity index (χ0n) is 17.1. The van der Waals surface area contributed by atoms with Crippen LogP contribution < -0.4 is 14.4 Å². The van der Waals surface area contributed by atoms with Crippen LogP contribution in [0.1, 0.15) is 44.9 Å². The van der Waals surface area contributed by atoms with Gasteiger partial charge in [0.15, 0.2) is 11.5 Å². The summed E-state index contributed by atoms with van der Waals surface area (Å²) in [5.41, 5.74) is 1.99. The molecule has 0 radical (unpaired) electrons. The number of H-pyrrole nitrogens is 1. The first-order valence-electron chi connectivity index (χ1n) is 10.7. The van der Waals surface area contributed by atoms with Crippen LogP contribution in [0.15, 0.2) is 30.5 Å². The average Bonchev–Trinajstić information content (AvgIpc) is 3.06. The number of anilines is 2. The predicted octanol–water partition coefficient (Wildman–Crippen LogP) is 5.14. The summed E-state index contributed by atoms with van der Waals surface area (Å²) in [5, 5.41) is 1.06. The highest BCUT2D eigenvalue weighted by molar-refractivity contribution is 5.90. The van der Waals surface area contributed by atoms with Crippen LogP contribution in [0, 0.1) is 12.8 Å². The number of hydrogen-bond acceptors (Lipinski definition) is 5. The van der Waals surface area contributed by atoms with E-state index in [0.717, 1.165) is 65.0 Å². The van der Waals surface area contributed by atoms with Crippen molar-refractivity contribution in [1.29, 1.82) is 0 Å².